The first kappa shape index (κ1) is 18.9. The van der Waals surface area contributed by atoms with Gasteiger partial charge in [-0.05, 0) is 64.8 Å². The molecule has 0 bridgehead atoms. The molecule has 5 nitrogen and oxygen atoms in total. The monoisotopic (exact) mass is 350 g/mol. The molecule has 25 heavy (non-hydrogen) atoms. The normalized spacial score (nSPS) is 33.9. The van der Waals surface area contributed by atoms with Gasteiger partial charge in [0.2, 0.25) is 5.91 Å². The topological polar surface area (TPSA) is 61.8 Å². The Morgan fingerprint density at radius 2 is 2.32 bits per heavy atom. The van der Waals surface area contributed by atoms with E-state index >= 15 is 0 Å². The highest BCUT2D eigenvalue weighted by Crippen LogP contribution is 2.35. The van der Waals surface area contributed by atoms with Crippen LogP contribution in [0.25, 0.3) is 0 Å². The van der Waals surface area contributed by atoms with Gasteiger partial charge < -0.3 is 15.2 Å². The number of rotatable bonds is 6. The number of amides is 1. The number of aliphatic hydroxyl groups is 1. The predicted octanol–water partition coefficient (Wildman–Crippen LogP) is 2.24. The second-order valence-corrected chi connectivity index (χ2v) is 8.18. The van der Waals surface area contributed by atoms with Crippen LogP contribution >= 0.6 is 0 Å². The highest BCUT2D eigenvalue weighted by atomic mass is 16.5. The molecule has 0 unspecified atom stereocenters. The van der Waals surface area contributed by atoms with E-state index in [4.69, 9.17) is 4.74 Å². The average molecular weight is 351 g/mol. The van der Waals surface area contributed by atoms with E-state index in [0.717, 1.165) is 32.4 Å². The van der Waals surface area contributed by atoms with Crippen molar-refractivity contribution in [2.75, 3.05) is 32.8 Å². The maximum Gasteiger partial charge on any atom is 0.234 e. The summed E-state index contributed by atoms with van der Waals surface area (Å²) in [5.74, 6) is 0.212. The fraction of sp³-hybridized carbons (Fsp3) is 0.850. The summed E-state index contributed by atoms with van der Waals surface area (Å²) in [6, 6.07) is 0.252. The molecular formula is C20H34N2O3. The van der Waals surface area contributed by atoms with E-state index < -0.39 is 5.60 Å². The van der Waals surface area contributed by atoms with E-state index in [9.17, 15) is 9.90 Å². The minimum absolute atomic E-state index is 0.101. The van der Waals surface area contributed by atoms with Gasteiger partial charge in [0.25, 0.3) is 0 Å². The molecule has 0 radical (unpaired) electrons. The Morgan fingerprint density at radius 1 is 1.44 bits per heavy atom. The second-order valence-electron chi connectivity index (χ2n) is 8.18. The molecular weight excluding hydrogens is 316 g/mol. The Kier molecular flexibility index (Phi) is 6.53. The zero-order valence-corrected chi connectivity index (χ0v) is 15.6. The number of carbonyl (C=O) groups excluding carboxylic acids is 1. The van der Waals surface area contributed by atoms with Crippen LogP contribution in [0.2, 0.25) is 0 Å². The Bertz CT molecular complexity index is 489. The summed E-state index contributed by atoms with van der Waals surface area (Å²) in [4.78, 5) is 14.6. The zero-order chi connectivity index (χ0) is 17.7. The van der Waals surface area contributed by atoms with E-state index in [2.05, 4.69) is 16.3 Å². The smallest absolute Gasteiger partial charge is 0.234 e. The molecule has 2 fully saturated rings. The van der Waals surface area contributed by atoms with Crippen molar-refractivity contribution in [3.05, 3.63) is 11.6 Å². The van der Waals surface area contributed by atoms with Gasteiger partial charge in [0.05, 0.1) is 18.8 Å². The Labute approximate surface area is 151 Å². The number of ether oxygens (including phenoxy) is 1. The van der Waals surface area contributed by atoms with Gasteiger partial charge >= 0.3 is 0 Å². The number of likely N-dealkylation sites (tertiary alicyclic amines) is 1. The van der Waals surface area contributed by atoms with Crippen LogP contribution in [0.5, 0.6) is 0 Å². The molecule has 3 rings (SSSR count). The maximum atomic E-state index is 12.4. The lowest BCUT2D eigenvalue weighted by atomic mass is 9.79. The molecule has 0 saturated carbocycles. The van der Waals surface area contributed by atoms with Gasteiger partial charge in [0, 0.05) is 25.1 Å². The molecule has 142 valence electrons. The van der Waals surface area contributed by atoms with Crippen molar-refractivity contribution in [1.82, 2.24) is 10.2 Å². The van der Waals surface area contributed by atoms with Gasteiger partial charge in [-0.2, -0.15) is 0 Å². The minimum Gasteiger partial charge on any atom is -0.390 e. The summed E-state index contributed by atoms with van der Waals surface area (Å²) < 4.78 is 5.62. The fourth-order valence-electron chi connectivity index (χ4n) is 4.62. The molecule has 3 aliphatic rings. The lowest BCUT2D eigenvalue weighted by Crippen LogP contribution is -2.53. The third kappa shape index (κ3) is 5.05. The van der Waals surface area contributed by atoms with Gasteiger partial charge in [0.1, 0.15) is 0 Å². The summed E-state index contributed by atoms with van der Waals surface area (Å²) >= 11 is 0. The molecule has 2 N–H and O–H groups in total. The summed E-state index contributed by atoms with van der Waals surface area (Å²) in [7, 11) is 0. The maximum absolute atomic E-state index is 12.4. The number of hydrogen-bond acceptors (Lipinski definition) is 4. The quantitative estimate of drug-likeness (QED) is 0.721. The molecule has 3 atom stereocenters. The predicted molar refractivity (Wildman–Crippen MR) is 98.3 cm³/mol. The molecule has 0 aromatic heterocycles. The van der Waals surface area contributed by atoms with E-state index in [1.807, 2.05) is 6.92 Å². The average Bonchev–Trinajstić information content (AvgIpc) is 3.03. The first-order chi connectivity index (χ1) is 12.1. The molecule has 5 heteroatoms. The Hall–Kier alpha value is -0.910. The molecule has 2 heterocycles. The van der Waals surface area contributed by atoms with Crippen LogP contribution in [-0.4, -0.2) is 60.4 Å². The van der Waals surface area contributed by atoms with E-state index in [1.165, 1.54) is 31.3 Å². The Balaban J connectivity index is 1.46. The number of hydrogen-bond donors (Lipinski definition) is 2. The molecule has 1 amide bonds. The van der Waals surface area contributed by atoms with Gasteiger partial charge in [-0.15, -0.1) is 0 Å². The van der Waals surface area contributed by atoms with Crippen molar-refractivity contribution in [3.63, 3.8) is 0 Å². The third-order valence-corrected chi connectivity index (χ3v) is 6.23. The standard InChI is InChI=1S/C20H34N2O3/c1-20(24)10-13-25-15-17(20)18-8-5-12-22(18)14-19(23)21-11-9-16-6-3-2-4-7-16/h6,17-18,24H,2-5,7-15H2,1H3,(H,21,23)/t17-,18-,20+/m1/s1. The van der Waals surface area contributed by atoms with Crippen LogP contribution < -0.4 is 5.32 Å². The third-order valence-electron chi connectivity index (χ3n) is 6.23. The summed E-state index contributed by atoms with van der Waals surface area (Å²) in [6.07, 6.45) is 11.1. The van der Waals surface area contributed by atoms with Crippen LogP contribution in [0.15, 0.2) is 11.6 Å². The van der Waals surface area contributed by atoms with Gasteiger partial charge in [-0.1, -0.05) is 11.6 Å². The van der Waals surface area contributed by atoms with Crippen molar-refractivity contribution in [3.8, 4) is 0 Å². The lowest BCUT2D eigenvalue weighted by Gasteiger charge is -2.43. The number of carbonyl (C=O) groups is 1. The van der Waals surface area contributed by atoms with E-state index in [1.54, 1.807) is 0 Å². The molecule has 0 spiro atoms. The molecule has 2 saturated heterocycles. The first-order valence-electron chi connectivity index (χ1n) is 10.0. The highest BCUT2D eigenvalue weighted by molar-refractivity contribution is 5.78. The largest absolute Gasteiger partial charge is 0.390 e. The van der Waals surface area contributed by atoms with Crippen molar-refractivity contribution in [1.29, 1.82) is 0 Å². The lowest BCUT2D eigenvalue weighted by molar-refractivity contribution is -0.131. The van der Waals surface area contributed by atoms with Crippen LogP contribution in [0, 0.1) is 5.92 Å². The molecule has 0 aromatic rings. The van der Waals surface area contributed by atoms with Crippen molar-refractivity contribution < 1.29 is 14.6 Å². The second kappa shape index (κ2) is 8.65. The Morgan fingerprint density at radius 3 is 3.08 bits per heavy atom. The van der Waals surface area contributed by atoms with Gasteiger partial charge in [-0.3, -0.25) is 9.69 Å². The highest BCUT2D eigenvalue weighted by Gasteiger charge is 2.44. The molecule has 0 aromatic carbocycles. The van der Waals surface area contributed by atoms with Crippen molar-refractivity contribution in [2.45, 2.75) is 69.9 Å². The number of allylic oxidation sites excluding steroid dienone is 1. The van der Waals surface area contributed by atoms with Crippen LogP contribution in [-0.2, 0) is 9.53 Å². The summed E-state index contributed by atoms with van der Waals surface area (Å²) in [5, 5.41) is 13.8. The van der Waals surface area contributed by atoms with Crippen LogP contribution in [0.1, 0.15) is 58.3 Å². The van der Waals surface area contributed by atoms with Gasteiger partial charge in [-0.25, -0.2) is 0 Å². The SMILES string of the molecule is C[C@]1(O)CCOC[C@@H]1[C@H]1CCCN1CC(=O)NCCC1=CCCCC1. The first-order valence-corrected chi connectivity index (χ1v) is 10.0. The number of nitrogens with zero attached hydrogens (tertiary/aromatic N) is 1. The molecule has 1 aliphatic carbocycles. The zero-order valence-electron chi connectivity index (χ0n) is 15.6. The van der Waals surface area contributed by atoms with E-state index in [0.29, 0.717) is 26.2 Å². The minimum atomic E-state index is -0.685. The summed E-state index contributed by atoms with van der Waals surface area (Å²) in [6.45, 7) is 5.28. The van der Waals surface area contributed by atoms with Crippen LogP contribution in [0.3, 0.4) is 0 Å². The van der Waals surface area contributed by atoms with Gasteiger partial charge in [0.15, 0.2) is 0 Å². The fourth-order valence-corrected chi connectivity index (χ4v) is 4.62. The molecule has 2 aliphatic heterocycles. The van der Waals surface area contributed by atoms with Crippen molar-refractivity contribution >= 4 is 5.91 Å². The van der Waals surface area contributed by atoms with E-state index in [-0.39, 0.29) is 17.9 Å². The summed E-state index contributed by atoms with van der Waals surface area (Å²) in [5.41, 5.74) is 0.816. The van der Waals surface area contributed by atoms with Crippen molar-refractivity contribution in [2.24, 2.45) is 5.92 Å². The van der Waals surface area contributed by atoms with Crippen LogP contribution in [0.4, 0.5) is 0 Å². The number of nitrogens with one attached hydrogen (secondary N) is 1.